The van der Waals surface area contributed by atoms with Crippen LogP contribution in [0, 0.1) is 0 Å². The smallest absolute Gasteiger partial charge is 0.232 e. The fourth-order valence-electron chi connectivity index (χ4n) is 4.04. The quantitative estimate of drug-likeness (QED) is 0.635. The number of hydrogen-bond acceptors (Lipinski definition) is 7. The Morgan fingerprint density at radius 2 is 1.75 bits per heavy atom. The fraction of sp³-hybridized carbons (Fsp3) is 0.375. The van der Waals surface area contributed by atoms with Gasteiger partial charge in [-0.05, 0) is 44.4 Å². The second-order valence-corrected chi connectivity index (χ2v) is 8.46. The van der Waals surface area contributed by atoms with Gasteiger partial charge in [-0.1, -0.05) is 12.1 Å². The highest BCUT2D eigenvalue weighted by atomic mass is 16.5. The van der Waals surface area contributed by atoms with Gasteiger partial charge >= 0.3 is 0 Å². The van der Waals surface area contributed by atoms with Crippen molar-refractivity contribution in [2.45, 2.75) is 38.0 Å². The van der Waals surface area contributed by atoms with Gasteiger partial charge in [0.2, 0.25) is 5.91 Å². The largest absolute Gasteiger partial charge is 0.497 e. The molecule has 4 rings (SSSR count). The van der Waals surface area contributed by atoms with Crippen molar-refractivity contribution in [1.29, 1.82) is 0 Å². The van der Waals surface area contributed by atoms with E-state index in [9.17, 15) is 4.79 Å². The van der Waals surface area contributed by atoms with Gasteiger partial charge in [0.25, 0.3) is 0 Å². The van der Waals surface area contributed by atoms with Crippen LogP contribution in [0.1, 0.15) is 43.9 Å². The molecule has 166 valence electrons. The van der Waals surface area contributed by atoms with Crippen LogP contribution in [0.25, 0.3) is 0 Å². The van der Waals surface area contributed by atoms with E-state index in [1.54, 1.807) is 31.9 Å². The number of benzene rings is 1. The Balaban J connectivity index is 1.39. The number of carbonyl (C=O) groups excluding carboxylic acids is 1. The van der Waals surface area contributed by atoms with Gasteiger partial charge in [-0.2, -0.15) is 0 Å². The molecule has 3 aromatic rings. The number of carbonyl (C=O) groups is 1. The Kier molecular flexibility index (Phi) is 6.30. The summed E-state index contributed by atoms with van der Waals surface area (Å²) < 4.78 is 5.24. The molecule has 0 spiro atoms. The van der Waals surface area contributed by atoms with Crippen LogP contribution in [0.3, 0.4) is 0 Å². The molecule has 0 saturated carbocycles. The van der Waals surface area contributed by atoms with Crippen molar-refractivity contribution in [2.24, 2.45) is 0 Å². The van der Waals surface area contributed by atoms with Crippen LogP contribution in [0.5, 0.6) is 5.75 Å². The Morgan fingerprint density at radius 1 is 1.03 bits per heavy atom. The number of anilines is 2. The molecule has 3 heterocycles. The lowest BCUT2D eigenvalue weighted by molar-refractivity contribution is -0.137. The van der Waals surface area contributed by atoms with Crippen molar-refractivity contribution in [2.75, 3.05) is 25.5 Å². The van der Waals surface area contributed by atoms with E-state index < -0.39 is 5.41 Å². The maximum absolute atomic E-state index is 13.3. The second kappa shape index (κ2) is 9.30. The number of rotatable bonds is 6. The lowest BCUT2D eigenvalue weighted by atomic mass is 9.82. The summed E-state index contributed by atoms with van der Waals surface area (Å²) >= 11 is 0. The van der Waals surface area contributed by atoms with Gasteiger partial charge in [0, 0.05) is 37.6 Å². The molecule has 8 nitrogen and oxygen atoms in total. The van der Waals surface area contributed by atoms with Crippen LogP contribution in [0.4, 0.5) is 11.6 Å². The first-order chi connectivity index (χ1) is 15.5. The van der Waals surface area contributed by atoms with Gasteiger partial charge in [0.15, 0.2) is 0 Å². The standard InChI is InChI=1S/C24H28N6O2/c1-24(2,18-4-6-19(32-3)7-5-18)23(31)30-12-8-17(9-13-30)20-14-26-16-22(28-20)29-21-15-25-10-11-27-21/h4-7,10-11,14-17H,8-9,12-13H2,1-3H3,(H,27,28,29). The third-order valence-electron chi connectivity index (χ3n) is 6.02. The zero-order chi connectivity index (χ0) is 22.6. The van der Waals surface area contributed by atoms with E-state index in [2.05, 4.69) is 20.3 Å². The van der Waals surface area contributed by atoms with Crippen molar-refractivity contribution >= 4 is 17.5 Å². The topological polar surface area (TPSA) is 93.1 Å². The van der Waals surface area contributed by atoms with Crippen molar-refractivity contribution in [3.8, 4) is 5.75 Å². The highest BCUT2D eigenvalue weighted by molar-refractivity contribution is 5.87. The van der Waals surface area contributed by atoms with E-state index in [-0.39, 0.29) is 11.8 Å². The summed E-state index contributed by atoms with van der Waals surface area (Å²) in [6.07, 6.45) is 10.1. The van der Waals surface area contributed by atoms with Crippen molar-refractivity contribution < 1.29 is 9.53 Å². The number of hydrogen-bond donors (Lipinski definition) is 1. The van der Waals surface area contributed by atoms with E-state index in [0.717, 1.165) is 29.8 Å². The van der Waals surface area contributed by atoms with Crippen LogP contribution in [0.2, 0.25) is 0 Å². The van der Waals surface area contributed by atoms with Gasteiger partial charge < -0.3 is 15.0 Å². The van der Waals surface area contributed by atoms with Gasteiger partial charge in [-0.25, -0.2) is 9.97 Å². The van der Waals surface area contributed by atoms with Crippen LogP contribution in [-0.2, 0) is 10.2 Å². The van der Waals surface area contributed by atoms with Gasteiger partial charge in [-0.15, -0.1) is 0 Å². The van der Waals surface area contributed by atoms with Crippen LogP contribution in [-0.4, -0.2) is 50.9 Å². The summed E-state index contributed by atoms with van der Waals surface area (Å²) in [5.74, 6) is 2.46. The zero-order valence-corrected chi connectivity index (χ0v) is 18.7. The monoisotopic (exact) mass is 432 g/mol. The molecule has 0 bridgehead atoms. The highest BCUT2D eigenvalue weighted by Gasteiger charge is 2.36. The molecule has 1 amide bonds. The minimum absolute atomic E-state index is 0.144. The first-order valence-corrected chi connectivity index (χ1v) is 10.8. The van der Waals surface area contributed by atoms with Crippen LogP contribution in [0.15, 0.2) is 55.2 Å². The average Bonchev–Trinajstić information content (AvgIpc) is 2.84. The number of ether oxygens (including phenoxy) is 1. The molecule has 32 heavy (non-hydrogen) atoms. The van der Waals surface area contributed by atoms with Gasteiger partial charge in [-0.3, -0.25) is 14.8 Å². The van der Waals surface area contributed by atoms with E-state index >= 15 is 0 Å². The molecule has 0 aliphatic carbocycles. The van der Waals surface area contributed by atoms with Gasteiger partial charge in [0.1, 0.15) is 17.4 Å². The predicted octanol–water partition coefficient (Wildman–Crippen LogP) is 3.70. The van der Waals surface area contributed by atoms with Crippen molar-refractivity contribution in [3.63, 3.8) is 0 Å². The van der Waals surface area contributed by atoms with Gasteiger partial charge in [0.05, 0.1) is 30.6 Å². The molecule has 0 unspecified atom stereocenters. The first-order valence-electron chi connectivity index (χ1n) is 10.8. The SMILES string of the molecule is COc1ccc(C(C)(C)C(=O)N2CCC(c3cncc(Nc4cnccn4)n3)CC2)cc1. The molecule has 0 radical (unpaired) electrons. The van der Waals surface area contributed by atoms with Crippen LogP contribution < -0.4 is 10.1 Å². The Bertz CT molecular complexity index is 1050. The average molecular weight is 433 g/mol. The number of likely N-dealkylation sites (tertiary alicyclic amines) is 1. The molecular formula is C24H28N6O2. The van der Waals surface area contributed by atoms with E-state index in [0.29, 0.717) is 24.7 Å². The third kappa shape index (κ3) is 4.69. The van der Waals surface area contributed by atoms with Crippen molar-refractivity contribution in [3.05, 3.63) is 66.5 Å². The Labute approximate surface area is 188 Å². The second-order valence-electron chi connectivity index (χ2n) is 8.46. The normalized spacial score (nSPS) is 14.8. The highest BCUT2D eigenvalue weighted by Crippen LogP contribution is 2.32. The third-order valence-corrected chi connectivity index (χ3v) is 6.02. The minimum Gasteiger partial charge on any atom is -0.497 e. The molecule has 1 aliphatic heterocycles. The molecule has 1 saturated heterocycles. The number of piperidine rings is 1. The Morgan fingerprint density at radius 3 is 2.41 bits per heavy atom. The summed E-state index contributed by atoms with van der Waals surface area (Å²) in [5.41, 5.74) is 1.32. The summed E-state index contributed by atoms with van der Waals surface area (Å²) in [4.78, 5) is 32.6. The lowest BCUT2D eigenvalue weighted by Crippen LogP contribution is -2.46. The van der Waals surface area contributed by atoms with Crippen molar-refractivity contribution in [1.82, 2.24) is 24.8 Å². The molecule has 2 aromatic heterocycles. The number of nitrogens with one attached hydrogen (secondary N) is 1. The summed E-state index contributed by atoms with van der Waals surface area (Å²) in [6.45, 7) is 5.37. The predicted molar refractivity (Wildman–Crippen MR) is 122 cm³/mol. The summed E-state index contributed by atoms with van der Waals surface area (Å²) in [7, 11) is 1.64. The fourth-order valence-corrected chi connectivity index (χ4v) is 4.04. The summed E-state index contributed by atoms with van der Waals surface area (Å²) in [6, 6.07) is 7.73. The Hall–Kier alpha value is -3.55. The van der Waals surface area contributed by atoms with E-state index in [1.165, 1.54) is 0 Å². The molecule has 1 aromatic carbocycles. The number of amides is 1. The number of nitrogens with zero attached hydrogens (tertiary/aromatic N) is 5. The minimum atomic E-state index is -0.598. The molecule has 1 N–H and O–H groups in total. The zero-order valence-electron chi connectivity index (χ0n) is 18.7. The molecular weight excluding hydrogens is 404 g/mol. The molecule has 1 aliphatic rings. The van der Waals surface area contributed by atoms with E-state index in [4.69, 9.17) is 9.72 Å². The molecule has 8 heteroatoms. The molecule has 1 fully saturated rings. The lowest BCUT2D eigenvalue weighted by Gasteiger charge is -2.37. The number of methoxy groups -OCH3 is 1. The van der Waals surface area contributed by atoms with Crippen LogP contribution >= 0.6 is 0 Å². The molecule has 0 atom stereocenters. The maximum Gasteiger partial charge on any atom is 0.232 e. The number of aromatic nitrogens is 4. The maximum atomic E-state index is 13.3. The summed E-state index contributed by atoms with van der Waals surface area (Å²) in [5, 5.41) is 3.14. The van der Waals surface area contributed by atoms with E-state index in [1.807, 2.05) is 49.2 Å². The first kappa shape index (κ1) is 21.7.